The molecule has 1 aliphatic heterocycles. The molecule has 1 aliphatic carbocycles. The molecule has 5 nitrogen and oxygen atoms in total. The number of nitrogens with zero attached hydrogens (tertiary/aromatic N) is 2. The summed E-state index contributed by atoms with van der Waals surface area (Å²) in [6.45, 7) is 3.82. The third kappa shape index (κ3) is 2.79. The van der Waals surface area contributed by atoms with Crippen LogP contribution in [0.1, 0.15) is 66.1 Å². The van der Waals surface area contributed by atoms with Crippen molar-refractivity contribution in [1.82, 2.24) is 15.3 Å². The lowest BCUT2D eigenvalue weighted by atomic mass is 10.00. The minimum atomic E-state index is -0.332. The molecule has 1 saturated carbocycles. The van der Waals surface area contributed by atoms with Gasteiger partial charge in [0.15, 0.2) is 5.69 Å². The average molecular weight is 289 g/mol. The number of nitrogens with one attached hydrogen (secondary N) is 1. The topological polar surface area (TPSA) is 64.1 Å². The largest absolute Gasteiger partial charge is 0.464 e. The molecule has 3 rings (SSSR count). The Morgan fingerprint density at radius 3 is 2.95 bits per heavy atom. The normalized spacial score (nSPS) is 24.7. The summed E-state index contributed by atoms with van der Waals surface area (Å²) in [7, 11) is 1.42. The van der Waals surface area contributed by atoms with Gasteiger partial charge in [-0.1, -0.05) is 13.3 Å². The van der Waals surface area contributed by atoms with E-state index in [1.165, 1.54) is 20.0 Å². The van der Waals surface area contributed by atoms with E-state index in [9.17, 15) is 4.79 Å². The number of fused-ring (bicyclic) bond motifs is 1. The summed E-state index contributed by atoms with van der Waals surface area (Å²) in [6.07, 6.45) is 5.53. The van der Waals surface area contributed by atoms with Crippen LogP contribution in [0.15, 0.2) is 0 Å². The van der Waals surface area contributed by atoms with Gasteiger partial charge in [0.2, 0.25) is 0 Å². The van der Waals surface area contributed by atoms with Gasteiger partial charge in [0.25, 0.3) is 0 Å². The molecule has 0 saturated heterocycles. The van der Waals surface area contributed by atoms with Crippen molar-refractivity contribution in [2.75, 3.05) is 13.7 Å². The Morgan fingerprint density at radius 2 is 2.24 bits per heavy atom. The van der Waals surface area contributed by atoms with Crippen LogP contribution < -0.4 is 5.32 Å². The van der Waals surface area contributed by atoms with E-state index < -0.39 is 0 Å². The van der Waals surface area contributed by atoms with Gasteiger partial charge in [-0.3, -0.25) is 0 Å². The smallest absolute Gasteiger partial charge is 0.357 e. The lowest BCUT2D eigenvalue weighted by molar-refractivity contribution is 0.0591. The van der Waals surface area contributed by atoms with Gasteiger partial charge in [0.1, 0.15) is 5.82 Å². The first-order valence-electron chi connectivity index (χ1n) is 7.91. The van der Waals surface area contributed by atoms with Crippen LogP contribution in [0, 0.1) is 5.92 Å². The fourth-order valence-corrected chi connectivity index (χ4v) is 3.51. The second-order valence-corrected chi connectivity index (χ2v) is 6.06. The van der Waals surface area contributed by atoms with Crippen molar-refractivity contribution in [2.24, 2.45) is 5.92 Å². The predicted octanol–water partition coefficient (Wildman–Crippen LogP) is 2.20. The van der Waals surface area contributed by atoms with Crippen molar-refractivity contribution in [3.63, 3.8) is 0 Å². The van der Waals surface area contributed by atoms with E-state index >= 15 is 0 Å². The lowest BCUT2D eigenvalue weighted by Crippen LogP contribution is -2.29. The highest BCUT2D eigenvalue weighted by Gasteiger charge is 2.30. The summed E-state index contributed by atoms with van der Waals surface area (Å²) in [5, 5.41) is 3.32. The van der Waals surface area contributed by atoms with Gasteiger partial charge < -0.3 is 10.1 Å². The highest BCUT2D eigenvalue weighted by Crippen LogP contribution is 2.38. The summed E-state index contributed by atoms with van der Waals surface area (Å²) in [5.41, 5.74) is 2.43. The Bertz CT molecular complexity index is 545. The summed E-state index contributed by atoms with van der Waals surface area (Å²) < 4.78 is 4.91. The van der Waals surface area contributed by atoms with Gasteiger partial charge in [0, 0.05) is 18.0 Å². The first kappa shape index (κ1) is 14.4. The Kier molecular flexibility index (Phi) is 4.19. The number of ether oxygens (including phenoxy) is 1. The first-order valence-corrected chi connectivity index (χ1v) is 7.91. The number of hydrogen-bond donors (Lipinski definition) is 1. The first-order chi connectivity index (χ1) is 10.2. The van der Waals surface area contributed by atoms with Crippen molar-refractivity contribution in [3.05, 3.63) is 22.8 Å². The summed E-state index contributed by atoms with van der Waals surface area (Å²) in [4.78, 5) is 21.4. The molecule has 1 fully saturated rings. The van der Waals surface area contributed by atoms with Gasteiger partial charge >= 0.3 is 5.97 Å². The number of esters is 1. The van der Waals surface area contributed by atoms with Crippen LogP contribution in [-0.2, 0) is 17.7 Å². The Hall–Kier alpha value is -1.49. The van der Waals surface area contributed by atoms with Gasteiger partial charge in [-0.2, -0.15) is 0 Å². The molecule has 5 heteroatoms. The molecule has 21 heavy (non-hydrogen) atoms. The zero-order valence-electron chi connectivity index (χ0n) is 12.8. The van der Waals surface area contributed by atoms with Gasteiger partial charge in [-0.15, -0.1) is 0 Å². The number of hydrogen-bond acceptors (Lipinski definition) is 5. The number of carbonyl (C=O) groups excluding carboxylic acids is 1. The van der Waals surface area contributed by atoms with Crippen LogP contribution in [-0.4, -0.2) is 29.6 Å². The SMILES string of the molecule is CCC1CCC(c2nc3c(c(C(=O)OC)n2)CCNC3)C1. The Balaban J connectivity index is 1.96. The van der Waals surface area contributed by atoms with E-state index in [0.29, 0.717) is 11.6 Å². The van der Waals surface area contributed by atoms with Gasteiger partial charge in [-0.25, -0.2) is 14.8 Å². The van der Waals surface area contributed by atoms with Gasteiger partial charge in [0.05, 0.1) is 12.8 Å². The predicted molar refractivity (Wildman–Crippen MR) is 79.2 cm³/mol. The van der Waals surface area contributed by atoms with E-state index in [-0.39, 0.29) is 5.97 Å². The second kappa shape index (κ2) is 6.10. The molecule has 0 bridgehead atoms. The van der Waals surface area contributed by atoms with Crippen LogP contribution in [0.25, 0.3) is 0 Å². The van der Waals surface area contributed by atoms with E-state index in [2.05, 4.69) is 17.2 Å². The monoisotopic (exact) mass is 289 g/mol. The molecule has 1 aromatic rings. The summed E-state index contributed by atoms with van der Waals surface area (Å²) in [5.74, 6) is 1.68. The summed E-state index contributed by atoms with van der Waals surface area (Å²) >= 11 is 0. The zero-order valence-corrected chi connectivity index (χ0v) is 12.8. The van der Waals surface area contributed by atoms with E-state index in [1.807, 2.05) is 0 Å². The van der Waals surface area contributed by atoms with E-state index in [1.54, 1.807) is 0 Å². The maximum Gasteiger partial charge on any atom is 0.357 e. The van der Waals surface area contributed by atoms with Crippen molar-refractivity contribution in [3.8, 4) is 0 Å². The van der Waals surface area contributed by atoms with Gasteiger partial charge in [-0.05, 0) is 38.1 Å². The lowest BCUT2D eigenvalue weighted by Gasteiger charge is -2.20. The molecule has 1 N–H and O–H groups in total. The Morgan fingerprint density at radius 1 is 1.38 bits per heavy atom. The van der Waals surface area contributed by atoms with Crippen LogP contribution in [0.2, 0.25) is 0 Å². The van der Waals surface area contributed by atoms with Crippen molar-refractivity contribution in [1.29, 1.82) is 0 Å². The van der Waals surface area contributed by atoms with Crippen molar-refractivity contribution >= 4 is 5.97 Å². The molecule has 0 aromatic carbocycles. The highest BCUT2D eigenvalue weighted by molar-refractivity contribution is 5.89. The molecule has 0 amide bonds. The number of methoxy groups -OCH3 is 1. The Labute approximate surface area is 125 Å². The third-order valence-corrected chi connectivity index (χ3v) is 4.82. The number of aromatic nitrogens is 2. The molecular formula is C16H23N3O2. The maximum absolute atomic E-state index is 12.0. The number of rotatable bonds is 3. The molecule has 1 aromatic heterocycles. The number of carbonyl (C=O) groups is 1. The fourth-order valence-electron chi connectivity index (χ4n) is 3.51. The minimum Gasteiger partial charge on any atom is -0.464 e. The molecule has 0 spiro atoms. The molecule has 0 radical (unpaired) electrons. The molecule has 114 valence electrons. The van der Waals surface area contributed by atoms with Crippen molar-refractivity contribution in [2.45, 2.75) is 51.5 Å². The summed E-state index contributed by atoms with van der Waals surface area (Å²) in [6, 6.07) is 0. The maximum atomic E-state index is 12.0. The molecule has 2 aliphatic rings. The second-order valence-electron chi connectivity index (χ2n) is 6.06. The van der Waals surface area contributed by atoms with Crippen LogP contribution in [0.4, 0.5) is 0 Å². The minimum absolute atomic E-state index is 0.332. The molecular weight excluding hydrogens is 266 g/mol. The molecule has 2 heterocycles. The standard InChI is InChI=1S/C16H23N3O2/c1-3-10-4-5-11(8-10)15-18-13-9-17-7-6-12(13)14(19-15)16(20)21-2/h10-11,17H,3-9H2,1-2H3. The molecule has 2 atom stereocenters. The zero-order chi connectivity index (χ0) is 14.8. The van der Waals surface area contributed by atoms with Crippen LogP contribution in [0.3, 0.4) is 0 Å². The quantitative estimate of drug-likeness (QED) is 0.864. The highest BCUT2D eigenvalue weighted by atomic mass is 16.5. The van der Waals surface area contributed by atoms with Crippen LogP contribution >= 0.6 is 0 Å². The van der Waals surface area contributed by atoms with Crippen molar-refractivity contribution < 1.29 is 9.53 Å². The van der Waals surface area contributed by atoms with Crippen LogP contribution in [0.5, 0.6) is 0 Å². The third-order valence-electron chi connectivity index (χ3n) is 4.82. The molecule has 2 unspecified atom stereocenters. The fraction of sp³-hybridized carbons (Fsp3) is 0.688. The van der Waals surface area contributed by atoms with E-state index in [4.69, 9.17) is 9.72 Å². The average Bonchev–Trinajstić information content (AvgIpc) is 3.02. The van der Waals surface area contributed by atoms with E-state index in [0.717, 1.165) is 55.4 Å².